The van der Waals surface area contributed by atoms with Gasteiger partial charge < -0.3 is 14.8 Å². The highest BCUT2D eigenvalue weighted by Crippen LogP contribution is 2.57. The second kappa shape index (κ2) is 6.88. The Labute approximate surface area is 112 Å². The topological polar surface area (TPSA) is 30.5 Å². The lowest BCUT2D eigenvalue weighted by Crippen LogP contribution is -2.67. The van der Waals surface area contributed by atoms with Crippen molar-refractivity contribution in [3.8, 4) is 0 Å². The Bertz CT molecular complexity index is 241. The average Bonchev–Trinajstić information content (AvgIpc) is 2.28. The van der Waals surface area contributed by atoms with E-state index in [0.29, 0.717) is 17.6 Å². The molecule has 0 aliphatic heterocycles. The van der Waals surface area contributed by atoms with Gasteiger partial charge in [0.05, 0.1) is 6.10 Å². The maximum atomic E-state index is 5.86. The lowest BCUT2D eigenvalue weighted by Gasteiger charge is -2.61. The van der Waals surface area contributed by atoms with E-state index in [1.165, 1.54) is 25.7 Å². The number of rotatable bonds is 9. The fourth-order valence-corrected chi connectivity index (χ4v) is 3.42. The van der Waals surface area contributed by atoms with Gasteiger partial charge >= 0.3 is 0 Å². The predicted octanol–water partition coefficient (Wildman–Crippen LogP) is 2.74. The van der Waals surface area contributed by atoms with Crippen molar-refractivity contribution in [3.05, 3.63) is 0 Å². The maximum Gasteiger partial charge on any atom is 0.0661 e. The zero-order valence-corrected chi connectivity index (χ0v) is 12.0. The largest absolute Gasteiger partial charge is 0.381 e. The molecular weight excluding hydrogens is 226 g/mol. The van der Waals surface area contributed by atoms with Gasteiger partial charge in [0, 0.05) is 31.3 Å². The molecule has 0 radical (unpaired) electrons. The van der Waals surface area contributed by atoms with Gasteiger partial charge in [-0.1, -0.05) is 13.3 Å². The summed E-state index contributed by atoms with van der Waals surface area (Å²) < 4.78 is 11.4. The van der Waals surface area contributed by atoms with Crippen molar-refractivity contribution in [1.29, 1.82) is 0 Å². The van der Waals surface area contributed by atoms with Gasteiger partial charge in [0.15, 0.2) is 0 Å². The van der Waals surface area contributed by atoms with Gasteiger partial charge in [-0.15, -0.1) is 0 Å². The normalized spacial score (nSPS) is 29.0. The van der Waals surface area contributed by atoms with Gasteiger partial charge in [0.2, 0.25) is 0 Å². The molecule has 0 saturated heterocycles. The van der Waals surface area contributed by atoms with Crippen molar-refractivity contribution in [2.24, 2.45) is 5.41 Å². The molecule has 2 aliphatic rings. The monoisotopic (exact) mass is 255 g/mol. The molecule has 2 aliphatic carbocycles. The molecule has 2 rings (SSSR count). The first kappa shape index (κ1) is 14.3. The van der Waals surface area contributed by atoms with Gasteiger partial charge in [-0.2, -0.15) is 0 Å². The summed E-state index contributed by atoms with van der Waals surface area (Å²) in [5.74, 6) is 0. The molecule has 0 aromatic rings. The lowest BCUT2D eigenvalue weighted by atomic mass is 9.51. The van der Waals surface area contributed by atoms with Crippen molar-refractivity contribution < 1.29 is 9.47 Å². The van der Waals surface area contributed by atoms with Gasteiger partial charge in [-0.25, -0.2) is 0 Å². The Morgan fingerprint density at radius 2 is 2.06 bits per heavy atom. The van der Waals surface area contributed by atoms with Crippen LogP contribution in [0.25, 0.3) is 0 Å². The molecule has 0 heterocycles. The highest BCUT2D eigenvalue weighted by atomic mass is 16.5. The summed E-state index contributed by atoms with van der Waals surface area (Å²) >= 11 is 0. The molecule has 3 heteroatoms. The molecule has 0 bridgehead atoms. The summed E-state index contributed by atoms with van der Waals surface area (Å²) in [4.78, 5) is 0. The summed E-state index contributed by atoms with van der Waals surface area (Å²) in [7, 11) is 0. The molecule has 0 aromatic heterocycles. The van der Waals surface area contributed by atoms with Gasteiger partial charge in [0.25, 0.3) is 0 Å². The van der Waals surface area contributed by atoms with Crippen molar-refractivity contribution in [3.63, 3.8) is 0 Å². The third kappa shape index (κ3) is 2.89. The van der Waals surface area contributed by atoms with E-state index in [4.69, 9.17) is 9.47 Å². The number of hydrogen-bond acceptors (Lipinski definition) is 3. The minimum Gasteiger partial charge on any atom is -0.381 e. The summed E-state index contributed by atoms with van der Waals surface area (Å²) in [6, 6.07) is 0.703. The first-order chi connectivity index (χ1) is 8.83. The lowest BCUT2D eigenvalue weighted by molar-refractivity contribution is -0.172. The van der Waals surface area contributed by atoms with Gasteiger partial charge in [-0.3, -0.25) is 0 Å². The summed E-state index contributed by atoms with van der Waals surface area (Å²) in [5.41, 5.74) is 0.500. The predicted molar refractivity (Wildman–Crippen MR) is 73.8 cm³/mol. The van der Waals surface area contributed by atoms with Crippen molar-refractivity contribution >= 4 is 0 Å². The number of hydrogen-bond donors (Lipinski definition) is 1. The van der Waals surface area contributed by atoms with Crippen LogP contribution in [-0.4, -0.2) is 38.5 Å². The third-order valence-corrected chi connectivity index (χ3v) is 4.64. The molecule has 1 spiro atoms. The highest BCUT2D eigenvalue weighted by Gasteiger charge is 2.58. The van der Waals surface area contributed by atoms with Crippen molar-refractivity contribution in [2.75, 3.05) is 26.4 Å². The third-order valence-electron chi connectivity index (χ3n) is 4.64. The van der Waals surface area contributed by atoms with Crippen LogP contribution >= 0.6 is 0 Å². The molecule has 3 nitrogen and oxygen atoms in total. The van der Waals surface area contributed by atoms with E-state index in [1.807, 2.05) is 0 Å². The second-order valence-electron chi connectivity index (χ2n) is 5.74. The molecule has 0 aromatic carbocycles. The van der Waals surface area contributed by atoms with Crippen LogP contribution in [0.15, 0.2) is 0 Å². The van der Waals surface area contributed by atoms with Crippen LogP contribution in [0.5, 0.6) is 0 Å². The fraction of sp³-hybridized carbons (Fsp3) is 1.00. The highest BCUT2D eigenvalue weighted by molar-refractivity contribution is 5.11. The molecule has 2 atom stereocenters. The van der Waals surface area contributed by atoms with Gasteiger partial charge in [-0.05, 0) is 45.6 Å². The van der Waals surface area contributed by atoms with E-state index >= 15 is 0 Å². The molecule has 2 saturated carbocycles. The van der Waals surface area contributed by atoms with E-state index in [9.17, 15) is 0 Å². The summed E-state index contributed by atoms with van der Waals surface area (Å²) in [6.07, 6.45) is 8.11. The summed E-state index contributed by atoms with van der Waals surface area (Å²) in [5, 5.41) is 3.72. The quantitative estimate of drug-likeness (QED) is 0.643. The molecule has 2 unspecified atom stereocenters. The number of nitrogens with one attached hydrogen (secondary N) is 1. The molecular formula is C15H29NO2. The Morgan fingerprint density at radius 3 is 2.67 bits per heavy atom. The standard InChI is InChI=1S/C15H29NO2/c1-3-10-17-11-6-9-16-13-12-14(18-4-2)15(13)7-5-8-15/h13-14,16H,3-12H2,1-2H3. The smallest absolute Gasteiger partial charge is 0.0661 e. The molecule has 1 N–H and O–H groups in total. The first-order valence-electron chi connectivity index (χ1n) is 7.76. The average molecular weight is 255 g/mol. The SMILES string of the molecule is CCCOCCCNC1CC(OCC)C12CCC2. The number of ether oxygens (including phenoxy) is 2. The van der Waals surface area contributed by atoms with Crippen LogP contribution in [0.4, 0.5) is 0 Å². The van der Waals surface area contributed by atoms with E-state index < -0.39 is 0 Å². The van der Waals surface area contributed by atoms with Crippen molar-refractivity contribution in [1.82, 2.24) is 5.32 Å². The zero-order chi connectivity index (χ0) is 12.8. The second-order valence-corrected chi connectivity index (χ2v) is 5.74. The van der Waals surface area contributed by atoms with E-state index in [2.05, 4.69) is 19.2 Å². The Morgan fingerprint density at radius 1 is 1.22 bits per heavy atom. The zero-order valence-electron chi connectivity index (χ0n) is 12.0. The van der Waals surface area contributed by atoms with Crippen LogP contribution in [0.1, 0.15) is 52.4 Å². The molecule has 18 heavy (non-hydrogen) atoms. The fourth-order valence-electron chi connectivity index (χ4n) is 3.42. The summed E-state index contributed by atoms with van der Waals surface area (Å²) in [6.45, 7) is 8.02. The molecule has 0 amide bonds. The van der Waals surface area contributed by atoms with E-state index in [0.717, 1.165) is 39.2 Å². The molecule has 2 fully saturated rings. The first-order valence-corrected chi connectivity index (χ1v) is 7.76. The van der Waals surface area contributed by atoms with E-state index in [1.54, 1.807) is 0 Å². The Balaban J connectivity index is 1.59. The van der Waals surface area contributed by atoms with Crippen LogP contribution in [0, 0.1) is 5.41 Å². The Hall–Kier alpha value is -0.120. The Kier molecular flexibility index (Phi) is 5.46. The van der Waals surface area contributed by atoms with Gasteiger partial charge in [0.1, 0.15) is 0 Å². The minimum atomic E-state index is 0.500. The van der Waals surface area contributed by atoms with Crippen LogP contribution in [-0.2, 0) is 9.47 Å². The van der Waals surface area contributed by atoms with Crippen LogP contribution < -0.4 is 5.32 Å². The van der Waals surface area contributed by atoms with Crippen LogP contribution in [0.3, 0.4) is 0 Å². The molecule has 106 valence electrons. The van der Waals surface area contributed by atoms with Crippen molar-refractivity contribution in [2.45, 2.75) is 64.5 Å². The maximum absolute atomic E-state index is 5.86. The minimum absolute atomic E-state index is 0.500. The van der Waals surface area contributed by atoms with Crippen LogP contribution in [0.2, 0.25) is 0 Å². The van der Waals surface area contributed by atoms with E-state index in [-0.39, 0.29) is 0 Å².